The van der Waals surface area contributed by atoms with E-state index < -0.39 is 0 Å². The summed E-state index contributed by atoms with van der Waals surface area (Å²) >= 11 is 1.18. The molecule has 0 atom stereocenters. The third-order valence-electron chi connectivity index (χ3n) is 4.91. The van der Waals surface area contributed by atoms with Gasteiger partial charge >= 0.3 is 0 Å². The zero-order valence-corrected chi connectivity index (χ0v) is 18.5. The fraction of sp³-hybridized carbons (Fsp3) is 0.304. The highest BCUT2D eigenvalue weighted by atomic mass is 32.2. The Balaban J connectivity index is 1.87. The first-order valence-corrected chi connectivity index (χ1v) is 10.7. The minimum absolute atomic E-state index is 0.0967. The first-order chi connectivity index (χ1) is 15.0. The molecule has 2 aromatic carbocycles. The van der Waals surface area contributed by atoms with E-state index in [9.17, 15) is 14.7 Å². The number of carbonyl (C=O) groups is 2. The SMILES string of the molecule is COc1ccc(CCN2C(=O)C(SCCO)=C(c3ccccc3OC)C2=O)cc1OC. The summed E-state index contributed by atoms with van der Waals surface area (Å²) in [5.41, 5.74) is 1.79. The number of thioether (sulfide) groups is 1. The summed E-state index contributed by atoms with van der Waals surface area (Å²) in [6.45, 7) is 0.121. The number of imide groups is 1. The van der Waals surface area contributed by atoms with Crippen molar-refractivity contribution < 1.29 is 28.9 Å². The quantitative estimate of drug-likeness (QED) is 0.565. The van der Waals surface area contributed by atoms with Gasteiger partial charge in [0.2, 0.25) is 0 Å². The van der Waals surface area contributed by atoms with E-state index >= 15 is 0 Å². The molecule has 0 saturated carbocycles. The molecule has 8 heteroatoms. The number of hydrogen-bond acceptors (Lipinski definition) is 7. The maximum absolute atomic E-state index is 13.3. The lowest BCUT2D eigenvalue weighted by molar-refractivity contribution is -0.136. The van der Waals surface area contributed by atoms with Crippen molar-refractivity contribution in [3.8, 4) is 17.2 Å². The Morgan fingerprint density at radius 2 is 1.61 bits per heavy atom. The Bertz CT molecular complexity index is 1000. The molecule has 31 heavy (non-hydrogen) atoms. The van der Waals surface area contributed by atoms with Crippen molar-refractivity contribution >= 4 is 29.1 Å². The summed E-state index contributed by atoms with van der Waals surface area (Å²) in [5.74, 6) is 1.31. The summed E-state index contributed by atoms with van der Waals surface area (Å²) in [4.78, 5) is 28.0. The van der Waals surface area contributed by atoms with E-state index in [1.54, 1.807) is 44.6 Å². The Labute approximate surface area is 185 Å². The molecule has 0 aromatic heterocycles. The van der Waals surface area contributed by atoms with Crippen LogP contribution in [0.15, 0.2) is 47.4 Å². The number of aliphatic hydroxyl groups is 1. The smallest absolute Gasteiger partial charge is 0.267 e. The van der Waals surface area contributed by atoms with Gasteiger partial charge in [-0.25, -0.2) is 0 Å². The molecule has 3 rings (SSSR count). The lowest BCUT2D eigenvalue weighted by Gasteiger charge is -2.16. The minimum atomic E-state index is -0.365. The number of nitrogens with zero attached hydrogens (tertiary/aromatic N) is 1. The fourth-order valence-corrected chi connectivity index (χ4v) is 4.27. The molecule has 2 amide bonds. The van der Waals surface area contributed by atoms with Gasteiger partial charge < -0.3 is 19.3 Å². The number of benzene rings is 2. The van der Waals surface area contributed by atoms with E-state index in [2.05, 4.69) is 0 Å². The molecule has 0 fully saturated rings. The molecule has 0 spiro atoms. The molecule has 0 saturated heterocycles. The van der Waals surface area contributed by atoms with Crippen LogP contribution in [0.3, 0.4) is 0 Å². The second-order valence-electron chi connectivity index (χ2n) is 6.68. The molecule has 0 bridgehead atoms. The summed E-state index contributed by atoms with van der Waals surface area (Å²) < 4.78 is 16.0. The second kappa shape index (κ2) is 10.4. The van der Waals surface area contributed by atoms with Crippen LogP contribution in [-0.4, -0.2) is 62.1 Å². The van der Waals surface area contributed by atoms with Gasteiger partial charge in [0.05, 0.1) is 38.4 Å². The Hall–Kier alpha value is -2.97. The topological polar surface area (TPSA) is 85.3 Å². The van der Waals surface area contributed by atoms with Gasteiger partial charge in [0.1, 0.15) is 5.75 Å². The van der Waals surface area contributed by atoms with E-state index in [-0.39, 0.29) is 25.0 Å². The van der Waals surface area contributed by atoms with Crippen molar-refractivity contribution in [1.82, 2.24) is 4.90 Å². The molecule has 1 N–H and O–H groups in total. The van der Waals surface area contributed by atoms with E-state index in [1.807, 2.05) is 12.1 Å². The number of methoxy groups -OCH3 is 3. The van der Waals surface area contributed by atoms with E-state index in [0.717, 1.165) is 5.56 Å². The minimum Gasteiger partial charge on any atom is -0.496 e. The number of hydrogen-bond donors (Lipinski definition) is 1. The highest BCUT2D eigenvalue weighted by Gasteiger charge is 2.39. The highest BCUT2D eigenvalue weighted by molar-refractivity contribution is 8.04. The van der Waals surface area contributed by atoms with Crippen molar-refractivity contribution in [1.29, 1.82) is 0 Å². The fourth-order valence-electron chi connectivity index (χ4n) is 3.40. The zero-order valence-electron chi connectivity index (χ0n) is 17.7. The number of rotatable bonds is 10. The van der Waals surface area contributed by atoms with Crippen LogP contribution in [0, 0.1) is 0 Å². The lowest BCUT2D eigenvalue weighted by Crippen LogP contribution is -2.33. The van der Waals surface area contributed by atoms with Gasteiger partial charge in [-0.05, 0) is 30.2 Å². The number of amides is 2. The van der Waals surface area contributed by atoms with Crippen molar-refractivity contribution in [3.05, 3.63) is 58.5 Å². The molecular weight excluding hydrogens is 418 g/mol. The molecule has 1 heterocycles. The first kappa shape index (κ1) is 22.7. The number of carbonyl (C=O) groups excluding carboxylic acids is 2. The molecule has 2 aromatic rings. The van der Waals surface area contributed by atoms with Crippen LogP contribution < -0.4 is 14.2 Å². The Morgan fingerprint density at radius 1 is 0.903 bits per heavy atom. The summed E-state index contributed by atoms with van der Waals surface area (Å²) in [6, 6.07) is 12.6. The largest absolute Gasteiger partial charge is 0.496 e. The Morgan fingerprint density at radius 3 is 2.29 bits per heavy atom. The van der Waals surface area contributed by atoms with Crippen molar-refractivity contribution in [2.24, 2.45) is 0 Å². The van der Waals surface area contributed by atoms with Gasteiger partial charge in [-0.2, -0.15) is 0 Å². The van der Waals surface area contributed by atoms with Gasteiger partial charge in [0.25, 0.3) is 11.8 Å². The van der Waals surface area contributed by atoms with Crippen LogP contribution in [0.1, 0.15) is 11.1 Å². The molecule has 1 aliphatic heterocycles. The van der Waals surface area contributed by atoms with Crippen LogP contribution in [0.5, 0.6) is 17.2 Å². The number of para-hydroxylation sites is 1. The first-order valence-electron chi connectivity index (χ1n) is 9.74. The van der Waals surface area contributed by atoms with Crippen molar-refractivity contribution in [3.63, 3.8) is 0 Å². The monoisotopic (exact) mass is 443 g/mol. The summed E-state index contributed by atoms with van der Waals surface area (Å²) in [5, 5.41) is 9.25. The molecular formula is C23H25NO6S. The average molecular weight is 444 g/mol. The predicted molar refractivity (Wildman–Crippen MR) is 119 cm³/mol. The number of ether oxygens (including phenoxy) is 3. The number of aliphatic hydroxyl groups excluding tert-OH is 1. The van der Waals surface area contributed by atoms with Gasteiger partial charge in [-0.3, -0.25) is 14.5 Å². The normalized spacial score (nSPS) is 13.7. The van der Waals surface area contributed by atoms with E-state index in [0.29, 0.717) is 45.5 Å². The maximum Gasteiger partial charge on any atom is 0.267 e. The van der Waals surface area contributed by atoms with Gasteiger partial charge in [0.15, 0.2) is 11.5 Å². The molecule has 7 nitrogen and oxygen atoms in total. The van der Waals surface area contributed by atoms with Crippen LogP contribution in [0.2, 0.25) is 0 Å². The molecule has 0 aliphatic carbocycles. The second-order valence-corrected chi connectivity index (χ2v) is 7.78. The highest BCUT2D eigenvalue weighted by Crippen LogP contribution is 2.39. The third kappa shape index (κ3) is 4.70. The van der Waals surface area contributed by atoms with E-state index in [4.69, 9.17) is 14.2 Å². The molecule has 0 radical (unpaired) electrons. The van der Waals surface area contributed by atoms with Crippen molar-refractivity contribution in [2.75, 3.05) is 40.2 Å². The third-order valence-corrected chi connectivity index (χ3v) is 5.97. The van der Waals surface area contributed by atoms with Gasteiger partial charge in [-0.1, -0.05) is 24.3 Å². The van der Waals surface area contributed by atoms with Gasteiger partial charge in [-0.15, -0.1) is 11.8 Å². The summed E-state index contributed by atoms with van der Waals surface area (Å²) in [7, 11) is 4.65. The predicted octanol–water partition coefficient (Wildman–Crippen LogP) is 2.76. The standard InChI is InChI=1S/C23H25NO6S/c1-28-17-7-5-4-6-16(17)20-21(31-13-12-25)23(27)24(22(20)26)11-10-15-8-9-18(29-2)19(14-15)30-3/h4-9,14,25H,10-13H2,1-3H3. The Kier molecular flexibility index (Phi) is 7.59. The zero-order chi connectivity index (χ0) is 22.4. The van der Waals surface area contributed by atoms with E-state index in [1.165, 1.54) is 23.8 Å². The molecule has 164 valence electrons. The maximum atomic E-state index is 13.3. The van der Waals surface area contributed by atoms with Crippen LogP contribution >= 0.6 is 11.8 Å². The van der Waals surface area contributed by atoms with Crippen LogP contribution in [-0.2, 0) is 16.0 Å². The van der Waals surface area contributed by atoms with Crippen LogP contribution in [0.25, 0.3) is 5.57 Å². The van der Waals surface area contributed by atoms with Gasteiger partial charge in [0, 0.05) is 17.9 Å². The average Bonchev–Trinajstić information content (AvgIpc) is 3.04. The molecule has 1 aliphatic rings. The molecule has 0 unspecified atom stereocenters. The summed E-state index contributed by atoms with van der Waals surface area (Å²) in [6.07, 6.45) is 0.467. The van der Waals surface area contributed by atoms with Crippen LogP contribution in [0.4, 0.5) is 0 Å². The van der Waals surface area contributed by atoms with Crippen molar-refractivity contribution in [2.45, 2.75) is 6.42 Å². The lowest BCUT2D eigenvalue weighted by atomic mass is 10.0.